The van der Waals surface area contributed by atoms with Crippen molar-refractivity contribution in [3.05, 3.63) is 35.4 Å². The fourth-order valence-electron chi connectivity index (χ4n) is 2.92. The number of nitrogens with zero attached hydrogens (tertiary/aromatic N) is 1. The monoisotopic (exact) mass is 276 g/mol. The van der Waals surface area contributed by atoms with E-state index in [0.29, 0.717) is 6.61 Å². The third kappa shape index (κ3) is 4.89. The van der Waals surface area contributed by atoms with Gasteiger partial charge in [-0.3, -0.25) is 4.90 Å². The van der Waals surface area contributed by atoms with Crippen molar-refractivity contribution in [2.75, 3.05) is 33.3 Å². The van der Waals surface area contributed by atoms with E-state index >= 15 is 0 Å². The SMILES string of the molecule is CCN(Cc1ccc(COC)cc1)CC1CCCNC1. The van der Waals surface area contributed by atoms with E-state index in [1.807, 2.05) is 0 Å². The molecule has 1 atom stereocenters. The Bertz CT molecular complexity index is 371. The summed E-state index contributed by atoms with van der Waals surface area (Å²) in [6, 6.07) is 8.82. The maximum absolute atomic E-state index is 5.15. The molecule has 0 bridgehead atoms. The lowest BCUT2D eigenvalue weighted by molar-refractivity contribution is 0.185. The van der Waals surface area contributed by atoms with Crippen LogP contribution in [0.2, 0.25) is 0 Å². The summed E-state index contributed by atoms with van der Waals surface area (Å²) in [6.07, 6.45) is 2.70. The van der Waals surface area contributed by atoms with Gasteiger partial charge in [0.1, 0.15) is 0 Å². The molecule has 0 aliphatic carbocycles. The average Bonchev–Trinajstić information content (AvgIpc) is 2.50. The lowest BCUT2D eigenvalue weighted by Gasteiger charge is -2.29. The highest BCUT2D eigenvalue weighted by atomic mass is 16.5. The Kier molecular flexibility index (Phi) is 6.51. The van der Waals surface area contributed by atoms with Crippen molar-refractivity contribution in [2.45, 2.75) is 32.9 Å². The minimum Gasteiger partial charge on any atom is -0.380 e. The second-order valence-electron chi connectivity index (χ2n) is 5.79. The quantitative estimate of drug-likeness (QED) is 0.828. The Morgan fingerprint density at radius 2 is 2.00 bits per heavy atom. The topological polar surface area (TPSA) is 24.5 Å². The van der Waals surface area contributed by atoms with Crippen LogP contribution < -0.4 is 5.32 Å². The van der Waals surface area contributed by atoms with Crippen LogP contribution in [0.25, 0.3) is 0 Å². The molecule has 0 aromatic heterocycles. The minimum atomic E-state index is 0.700. The lowest BCUT2D eigenvalue weighted by Crippen LogP contribution is -2.38. The van der Waals surface area contributed by atoms with Crippen LogP contribution in [-0.4, -0.2) is 38.2 Å². The van der Waals surface area contributed by atoms with Crippen LogP contribution in [-0.2, 0) is 17.9 Å². The van der Waals surface area contributed by atoms with E-state index in [-0.39, 0.29) is 0 Å². The standard InChI is InChI=1S/C17H28N2O/c1-3-19(13-17-5-4-10-18-11-17)12-15-6-8-16(9-7-15)14-20-2/h6-9,17-18H,3-5,10-14H2,1-2H3. The van der Waals surface area contributed by atoms with Crippen molar-refractivity contribution < 1.29 is 4.74 Å². The highest BCUT2D eigenvalue weighted by Gasteiger charge is 2.16. The van der Waals surface area contributed by atoms with Crippen molar-refractivity contribution >= 4 is 0 Å². The second-order valence-corrected chi connectivity index (χ2v) is 5.79. The second kappa shape index (κ2) is 8.40. The Balaban J connectivity index is 1.85. The van der Waals surface area contributed by atoms with Gasteiger partial charge in [0.2, 0.25) is 0 Å². The normalized spacial score (nSPS) is 19.4. The molecule has 0 amide bonds. The first-order valence-corrected chi connectivity index (χ1v) is 7.81. The largest absolute Gasteiger partial charge is 0.380 e. The summed E-state index contributed by atoms with van der Waals surface area (Å²) in [5.41, 5.74) is 2.64. The average molecular weight is 276 g/mol. The van der Waals surface area contributed by atoms with Crippen LogP contribution in [0.1, 0.15) is 30.9 Å². The van der Waals surface area contributed by atoms with Gasteiger partial charge in [0.05, 0.1) is 6.61 Å². The molecule has 1 aromatic rings. The van der Waals surface area contributed by atoms with Crippen molar-refractivity contribution in [3.63, 3.8) is 0 Å². The number of hydrogen-bond acceptors (Lipinski definition) is 3. The Labute approximate surface area is 123 Å². The van der Waals surface area contributed by atoms with Crippen molar-refractivity contribution in [1.29, 1.82) is 0 Å². The summed E-state index contributed by atoms with van der Waals surface area (Å²) in [5.74, 6) is 0.816. The van der Waals surface area contributed by atoms with Gasteiger partial charge in [0.25, 0.3) is 0 Å². The molecule has 1 saturated heterocycles. The molecule has 0 radical (unpaired) electrons. The molecule has 20 heavy (non-hydrogen) atoms. The third-order valence-electron chi connectivity index (χ3n) is 4.10. The van der Waals surface area contributed by atoms with Gasteiger partial charge in [-0.25, -0.2) is 0 Å². The summed E-state index contributed by atoms with van der Waals surface area (Å²) in [6.45, 7) is 8.73. The van der Waals surface area contributed by atoms with E-state index < -0.39 is 0 Å². The number of piperidine rings is 1. The van der Waals surface area contributed by atoms with E-state index in [2.05, 4.69) is 41.4 Å². The smallest absolute Gasteiger partial charge is 0.0713 e. The molecule has 1 heterocycles. The first kappa shape index (κ1) is 15.5. The Morgan fingerprint density at radius 3 is 2.60 bits per heavy atom. The third-order valence-corrected chi connectivity index (χ3v) is 4.10. The molecule has 3 heteroatoms. The number of hydrogen-bond donors (Lipinski definition) is 1. The maximum atomic E-state index is 5.15. The van der Waals surface area contributed by atoms with Crippen LogP contribution in [0, 0.1) is 5.92 Å². The summed E-state index contributed by atoms with van der Waals surface area (Å²) in [5, 5.41) is 3.51. The van der Waals surface area contributed by atoms with Crippen LogP contribution in [0.15, 0.2) is 24.3 Å². The molecule has 1 unspecified atom stereocenters. The molecular formula is C17H28N2O. The molecule has 1 aliphatic rings. The highest BCUT2D eigenvalue weighted by molar-refractivity contribution is 5.22. The minimum absolute atomic E-state index is 0.700. The van der Waals surface area contributed by atoms with E-state index in [1.54, 1.807) is 7.11 Å². The van der Waals surface area contributed by atoms with Crippen LogP contribution >= 0.6 is 0 Å². The molecule has 1 N–H and O–H groups in total. The Morgan fingerprint density at radius 1 is 1.25 bits per heavy atom. The van der Waals surface area contributed by atoms with Crippen molar-refractivity contribution in [3.8, 4) is 0 Å². The zero-order valence-corrected chi connectivity index (χ0v) is 12.9. The van der Waals surface area contributed by atoms with Crippen molar-refractivity contribution in [1.82, 2.24) is 10.2 Å². The molecule has 3 nitrogen and oxygen atoms in total. The van der Waals surface area contributed by atoms with Crippen LogP contribution in [0.3, 0.4) is 0 Å². The van der Waals surface area contributed by atoms with E-state index in [1.165, 1.54) is 43.6 Å². The number of benzene rings is 1. The summed E-state index contributed by atoms with van der Waals surface area (Å²) in [7, 11) is 1.74. The van der Waals surface area contributed by atoms with Gasteiger partial charge in [-0.15, -0.1) is 0 Å². The van der Waals surface area contributed by atoms with Crippen molar-refractivity contribution in [2.24, 2.45) is 5.92 Å². The lowest BCUT2D eigenvalue weighted by atomic mass is 9.99. The zero-order chi connectivity index (χ0) is 14.2. The predicted molar refractivity (Wildman–Crippen MR) is 83.7 cm³/mol. The molecule has 1 fully saturated rings. The Hall–Kier alpha value is -0.900. The van der Waals surface area contributed by atoms with E-state index in [0.717, 1.165) is 19.0 Å². The van der Waals surface area contributed by atoms with E-state index in [4.69, 9.17) is 4.74 Å². The van der Waals surface area contributed by atoms with Gasteiger partial charge in [0.15, 0.2) is 0 Å². The highest BCUT2D eigenvalue weighted by Crippen LogP contribution is 2.14. The summed E-state index contributed by atoms with van der Waals surface area (Å²) >= 11 is 0. The molecule has 0 saturated carbocycles. The molecular weight excluding hydrogens is 248 g/mol. The van der Waals surface area contributed by atoms with Crippen LogP contribution in [0.5, 0.6) is 0 Å². The molecule has 0 spiro atoms. The molecule has 2 rings (SSSR count). The number of ether oxygens (including phenoxy) is 1. The van der Waals surface area contributed by atoms with Gasteiger partial charge in [-0.1, -0.05) is 31.2 Å². The maximum Gasteiger partial charge on any atom is 0.0713 e. The fourth-order valence-corrected chi connectivity index (χ4v) is 2.92. The molecule has 1 aromatic carbocycles. The van der Waals surface area contributed by atoms with Gasteiger partial charge in [-0.2, -0.15) is 0 Å². The zero-order valence-electron chi connectivity index (χ0n) is 12.9. The predicted octanol–water partition coefficient (Wildman–Crippen LogP) is 2.65. The van der Waals surface area contributed by atoms with Crippen LogP contribution in [0.4, 0.5) is 0 Å². The molecule has 112 valence electrons. The molecule has 1 aliphatic heterocycles. The fraction of sp³-hybridized carbons (Fsp3) is 0.647. The first-order valence-electron chi connectivity index (χ1n) is 7.81. The van der Waals surface area contributed by atoms with Gasteiger partial charge in [0, 0.05) is 20.2 Å². The van der Waals surface area contributed by atoms with Gasteiger partial charge < -0.3 is 10.1 Å². The van der Waals surface area contributed by atoms with Gasteiger partial charge in [-0.05, 0) is 49.5 Å². The number of rotatable bonds is 7. The number of methoxy groups -OCH3 is 1. The summed E-state index contributed by atoms with van der Waals surface area (Å²) in [4.78, 5) is 2.56. The van der Waals surface area contributed by atoms with E-state index in [9.17, 15) is 0 Å². The van der Waals surface area contributed by atoms with Gasteiger partial charge >= 0.3 is 0 Å². The first-order chi connectivity index (χ1) is 9.81. The summed E-state index contributed by atoms with van der Waals surface area (Å²) < 4.78 is 5.15. The number of nitrogens with one attached hydrogen (secondary N) is 1.